The first kappa shape index (κ1) is 12.9. The molecule has 20 heavy (non-hydrogen) atoms. The Hall–Kier alpha value is -2.11. The van der Waals surface area contributed by atoms with Crippen LogP contribution in [0, 0.1) is 6.92 Å². The number of nitrogens with zero attached hydrogens (tertiary/aromatic N) is 4. The van der Waals surface area contributed by atoms with Crippen LogP contribution in [-0.4, -0.2) is 26.1 Å². The third-order valence-electron chi connectivity index (χ3n) is 3.59. The van der Waals surface area contributed by atoms with Gasteiger partial charge in [0.1, 0.15) is 17.5 Å². The van der Waals surface area contributed by atoms with Crippen LogP contribution in [0.4, 0.5) is 11.6 Å². The molecular formula is C14H20N6. The van der Waals surface area contributed by atoms with Crippen molar-refractivity contribution in [3.8, 4) is 0 Å². The van der Waals surface area contributed by atoms with E-state index >= 15 is 0 Å². The van der Waals surface area contributed by atoms with Crippen LogP contribution in [0.1, 0.15) is 36.6 Å². The molecule has 0 radical (unpaired) electrons. The van der Waals surface area contributed by atoms with Gasteiger partial charge in [0.15, 0.2) is 0 Å². The lowest BCUT2D eigenvalue weighted by molar-refractivity contribution is 0.659. The smallest absolute Gasteiger partial charge is 0.136 e. The number of aryl methyl sites for hydroxylation is 1. The Morgan fingerprint density at radius 1 is 1.40 bits per heavy atom. The van der Waals surface area contributed by atoms with Gasteiger partial charge in [-0.25, -0.2) is 15.0 Å². The molecule has 0 aliphatic heterocycles. The van der Waals surface area contributed by atoms with Crippen molar-refractivity contribution in [1.82, 2.24) is 19.5 Å². The number of nitrogens with two attached hydrogens (primary N) is 1. The van der Waals surface area contributed by atoms with Gasteiger partial charge in [-0.05, 0) is 26.2 Å². The monoisotopic (exact) mass is 272 g/mol. The number of hydrogen-bond acceptors (Lipinski definition) is 5. The van der Waals surface area contributed by atoms with Gasteiger partial charge in [0, 0.05) is 37.0 Å². The van der Waals surface area contributed by atoms with E-state index in [1.54, 1.807) is 6.20 Å². The molecule has 0 atom stereocenters. The van der Waals surface area contributed by atoms with E-state index in [0.29, 0.717) is 11.7 Å². The Balaban J connectivity index is 1.58. The van der Waals surface area contributed by atoms with Crippen LogP contribution in [-0.2, 0) is 6.54 Å². The molecule has 3 rings (SSSR count). The van der Waals surface area contributed by atoms with Crippen molar-refractivity contribution < 1.29 is 0 Å². The second-order valence-electron chi connectivity index (χ2n) is 5.30. The van der Waals surface area contributed by atoms with E-state index in [0.717, 1.165) is 36.7 Å². The van der Waals surface area contributed by atoms with Crippen molar-refractivity contribution in [3.63, 3.8) is 0 Å². The van der Waals surface area contributed by atoms with Crippen molar-refractivity contribution in [2.75, 3.05) is 17.6 Å². The minimum atomic E-state index is 0.518. The zero-order valence-electron chi connectivity index (χ0n) is 11.7. The van der Waals surface area contributed by atoms with Gasteiger partial charge in [-0.15, -0.1) is 0 Å². The predicted octanol–water partition coefficient (Wildman–Crippen LogP) is 1.94. The molecule has 0 spiro atoms. The van der Waals surface area contributed by atoms with E-state index in [4.69, 9.17) is 5.73 Å². The maximum Gasteiger partial charge on any atom is 0.136 e. The summed E-state index contributed by atoms with van der Waals surface area (Å²) >= 11 is 0. The summed E-state index contributed by atoms with van der Waals surface area (Å²) < 4.78 is 2.07. The zero-order valence-corrected chi connectivity index (χ0v) is 11.7. The highest BCUT2D eigenvalue weighted by molar-refractivity contribution is 5.55. The van der Waals surface area contributed by atoms with Crippen LogP contribution in [0.15, 0.2) is 18.7 Å². The molecule has 106 valence electrons. The van der Waals surface area contributed by atoms with Crippen molar-refractivity contribution in [2.24, 2.45) is 0 Å². The SMILES string of the molecule is Cc1c(N)nc(C2CC2)nc1NCCCn1ccnc1. The van der Waals surface area contributed by atoms with Gasteiger partial charge in [0.05, 0.1) is 6.33 Å². The van der Waals surface area contributed by atoms with Gasteiger partial charge in [-0.1, -0.05) is 0 Å². The Morgan fingerprint density at radius 2 is 2.25 bits per heavy atom. The van der Waals surface area contributed by atoms with Gasteiger partial charge in [0.2, 0.25) is 0 Å². The minimum absolute atomic E-state index is 0.518. The Bertz CT molecular complexity index is 574. The number of anilines is 2. The second-order valence-corrected chi connectivity index (χ2v) is 5.30. The van der Waals surface area contributed by atoms with E-state index in [1.807, 2.05) is 19.4 Å². The molecule has 3 N–H and O–H groups in total. The quantitative estimate of drug-likeness (QED) is 0.785. The summed E-state index contributed by atoms with van der Waals surface area (Å²) in [6.07, 6.45) is 8.98. The average Bonchev–Trinajstić information content (AvgIpc) is 3.16. The van der Waals surface area contributed by atoms with Crippen LogP contribution >= 0.6 is 0 Å². The topological polar surface area (TPSA) is 81.6 Å². The summed E-state index contributed by atoms with van der Waals surface area (Å²) in [6.45, 7) is 3.77. The van der Waals surface area contributed by atoms with Crippen LogP contribution in [0.2, 0.25) is 0 Å². The first-order chi connectivity index (χ1) is 9.74. The molecule has 1 saturated carbocycles. The van der Waals surface area contributed by atoms with E-state index in [1.165, 1.54) is 12.8 Å². The highest BCUT2D eigenvalue weighted by atomic mass is 15.1. The van der Waals surface area contributed by atoms with E-state index in [-0.39, 0.29) is 0 Å². The molecule has 0 aromatic carbocycles. The van der Waals surface area contributed by atoms with Crippen molar-refractivity contribution >= 4 is 11.6 Å². The van der Waals surface area contributed by atoms with E-state index in [9.17, 15) is 0 Å². The molecule has 2 aromatic rings. The predicted molar refractivity (Wildman–Crippen MR) is 78.5 cm³/mol. The van der Waals surface area contributed by atoms with Crippen molar-refractivity contribution in [2.45, 2.75) is 38.6 Å². The molecular weight excluding hydrogens is 252 g/mol. The Labute approximate surface area is 118 Å². The van der Waals surface area contributed by atoms with Crippen LogP contribution in [0.3, 0.4) is 0 Å². The number of rotatable bonds is 6. The number of nitrogen functional groups attached to an aromatic ring is 1. The Kier molecular flexibility index (Phi) is 3.54. The van der Waals surface area contributed by atoms with E-state index < -0.39 is 0 Å². The van der Waals surface area contributed by atoms with Crippen molar-refractivity contribution in [3.05, 3.63) is 30.1 Å². The largest absolute Gasteiger partial charge is 0.383 e. The minimum Gasteiger partial charge on any atom is -0.383 e. The molecule has 6 nitrogen and oxygen atoms in total. The summed E-state index contributed by atoms with van der Waals surface area (Å²) in [6, 6.07) is 0. The number of nitrogens with one attached hydrogen (secondary N) is 1. The lowest BCUT2D eigenvalue weighted by atomic mass is 10.2. The summed E-state index contributed by atoms with van der Waals surface area (Å²) in [5, 5.41) is 3.37. The lowest BCUT2D eigenvalue weighted by Gasteiger charge is -2.12. The van der Waals surface area contributed by atoms with Gasteiger partial charge >= 0.3 is 0 Å². The molecule has 0 saturated heterocycles. The van der Waals surface area contributed by atoms with Crippen LogP contribution < -0.4 is 11.1 Å². The third-order valence-corrected chi connectivity index (χ3v) is 3.59. The molecule has 0 unspecified atom stereocenters. The van der Waals surface area contributed by atoms with E-state index in [2.05, 4.69) is 24.8 Å². The summed E-state index contributed by atoms with van der Waals surface area (Å²) in [5.41, 5.74) is 6.91. The number of imidazole rings is 1. The molecule has 2 aromatic heterocycles. The van der Waals surface area contributed by atoms with Gasteiger partial charge in [-0.2, -0.15) is 0 Å². The molecule has 2 heterocycles. The molecule has 1 aliphatic carbocycles. The Morgan fingerprint density at radius 3 is 2.95 bits per heavy atom. The van der Waals surface area contributed by atoms with Crippen LogP contribution in [0.25, 0.3) is 0 Å². The fraction of sp³-hybridized carbons (Fsp3) is 0.500. The summed E-state index contributed by atoms with van der Waals surface area (Å²) in [7, 11) is 0. The summed E-state index contributed by atoms with van der Waals surface area (Å²) in [5.74, 6) is 2.89. The first-order valence-corrected chi connectivity index (χ1v) is 7.07. The maximum atomic E-state index is 5.96. The molecule has 1 aliphatic rings. The van der Waals surface area contributed by atoms with Crippen molar-refractivity contribution in [1.29, 1.82) is 0 Å². The standard InChI is InChI=1S/C14H20N6/c1-10-12(15)18-14(11-3-4-11)19-13(10)17-5-2-7-20-8-6-16-9-20/h6,8-9,11H,2-5,7H2,1H3,(H3,15,17,18,19). The number of hydrogen-bond donors (Lipinski definition) is 2. The van der Waals surface area contributed by atoms with Crippen LogP contribution in [0.5, 0.6) is 0 Å². The van der Waals surface area contributed by atoms with Gasteiger partial charge in [-0.3, -0.25) is 0 Å². The van der Waals surface area contributed by atoms with Gasteiger partial charge in [0.25, 0.3) is 0 Å². The molecule has 0 amide bonds. The number of aromatic nitrogens is 4. The third kappa shape index (κ3) is 2.89. The molecule has 6 heteroatoms. The molecule has 0 bridgehead atoms. The normalized spacial score (nSPS) is 14.4. The molecule has 1 fully saturated rings. The fourth-order valence-electron chi connectivity index (χ4n) is 2.14. The highest BCUT2D eigenvalue weighted by Crippen LogP contribution is 2.39. The maximum absolute atomic E-state index is 5.96. The zero-order chi connectivity index (χ0) is 13.9. The van der Waals surface area contributed by atoms with Gasteiger partial charge < -0.3 is 15.6 Å². The average molecular weight is 272 g/mol. The summed E-state index contributed by atoms with van der Waals surface area (Å²) in [4.78, 5) is 13.0. The highest BCUT2D eigenvalue weighted by Gasteiger charge is 2.27. The first-order valence-electron chi connectivity index (χ1n) is 7.07. The fourth-order valence-corrected chi connectivity index (χ4v) is 2.14. The second kappa shape index (κ2) is 5.48. The lowest BCUT2D eigenvalue weighted by Crippen LogP contribution is -2.11.